The number of hydrogen-bond donors (Lipinski definition) is 0. The van der Waals surface area contributed by atoms with Crippen LogP contribution < -0.4 is 4.74 Å². The first-order chi connectivity index (χ1) is 7.83. The molecule has 1 aromatic carbocycles. The molecule has 1 fully saturated rings. The van der Waals surface area contributed by atoms with Crippen molar-refractivity contribution < 1.29 is 19.0 Å². The van der Waals surface area contributed by atoms with Crippen molar-refractivity contribution in [2.24, 2.45) is 0 Å². The van der Waals surface area contributed by atoms with Gasteiger partial charge in [-0.2, -0.15) is 0 Å². The van der Waals surface area contributed by atoms with Crippen LogP contribution in [-0.4, -0.2) is 31.9 Å². The van der Waals surface area contributed by atoms with E-state index in [9.17, 15) is 4.79 Å². The predicted octanol–water partition coefficient (Wildman–Crippen LogP) is 1.18. The third-order valence-electron chi connectivity index (χ3n) is 2.74. The molecule has 2 aliphatic heterocycles. The summed E-state index contributed by atoms with van der Waals surface area (Å²) >= 11 is 0. The topological polar surface area (TPSA) is 48.1 Å². The minimum absolute atomic E-state index is 0.225. The Morgan fingerprint density at radius 1 is 1.44 bits per heavy atom. The fourth-order valence-corrected chi connectivity index (χ4v) is 1.74. The Kier molecular flexibility index (Phi) is 2.29. The lowest BCUT2D eigenvalue weighted by Crippen LogP contribution is -2.17. The highest BCUT2D eigenvalue weighted by molar-refractivity contribution is 5.92. The predicted molar refractivity (Wildman–Crippen MR) is 55.7 cm³/mol. The summed E-state index contributed by atoms with van der Waals surface area (Å²) in [7, 11) is 0. The molecule has 84 valence electrons. The molecular formula is C12H12O4. The minimum Gasteiger partial charge on any atom is -0.491 e. The number of carbonyl (C=O) groups is 1. The molecule has 4 nitrogen and oxygen atoms in total. The lowest BCUT2D eigenvalue weighted by molar-refractivity contribution is 0.0479. The second kappa shape index (κ2) is 3.79. The molecule has 1 saturated heterocycles. The summed E-state index contributed by atoms with van der Waals surface area (Å²) in [6.07, 6.45) is 1.01. The number of fused-ring (bicyclic) bond motifs is 1. The molecule has 1 unspecified atom stereocenters. The van der Waals surface area contributed by atoms with E-state index in [4.69, 9.17) is 14.2 Å². The molecule has 0 bridgehead atoms. The highest BCUT2D eigenvalue weighted by atomic mass is 16.6. The summed E-state index contributed by atoms with van der Waals surface area (Å²) in [6, 6.07) is 5.57. The first-order valence-corrected chi connectivity index (χ1v) is 5.37. The van der Waals surface area contributed by atoms with Gasteiger partial charge < -0.3 is 14.2 Å². The van der Waals surface area contributed by atoms with Crippen molar-refractivity contribution in [3.63, 3.8) is 0 Å². The van der Waals surface area contributed by atoms with Gasteiger partial charge in [0, 0.05) is 6.42 Å². The van der Waals surface area contributed by atoms with E-state index in [0.717, 1.165) is 18.6 Å². The molecule has 2 heterocycles. The van der Waals surface area contributed by atoms with Crippen LogP contribution in [0, 0.1) is 0 Å². The van der Waals surface area contributed by atoms with Gasteiger partial charge in [0.05, 0.1) is 18.8 Å². The molecule has 1 atom stereocenters. The Balaban J connectivity index is 1.79. The smallest absolute Gasteiger partial charge is 0.338 e. The largest absolute Gasteiger partial charge is 0.491 e. The number of epoxide rings is 1. The molecule has 0 N–H and O–H groups in total. The highest BCUT2D eigenvalue weighted by Crippen LogP contribution is 2.23. The number of cyclic esters (lactones) is 1. The maximum absolute atomic E-state index is 11.5. The summed E-state index contributed by atoms with van der Waals surface area (Å²) in [5.74, 6) is 0.447. The summed E-state index contributed by atoms with van der Waals surface area (Å²) in [6.45, 7) is 1.79. The number of benzene rings is 1. The van der Waals surface area contributed by atoms with E-state index >= 15 is 0 Å². The van der Waals surface area contributed by atoms with Gasteiger partial charge in [-0.25, -0.2) is 4.79 Å². The quantitative estimate of drug-likeness (QED) is 0.567. The lowest BCUT2D eigenvalue weighted by Gasteiger charge is -2.16. The van der Waals surface area contributed by atoms with Crippen LogP contribution >= 0.6 is 0 Å². The van der Waals surface area contributed by atoms with Crippen molar-refractivity contribution in [2.75, 3.05) is 19.8 Å². The molecule has 0 spiro atoms. The van der Waals surface area contributed by atoms with Crippen LogP contribution in [0.3, 0.4) is 0 Å². The van der Waals surface area contributed by atoms with E-state index in [1.165, 1.54) is 0 Å². The zero-order valence-electron chi connectivity index (χ0n) is 8.77. The second-order valence-corrected chi connectivity index (χ2v) is 3.97. The molecule has 0 aromatic heterocycles. The SMILES string of the molecule is O=C1OCCc2ccc(OCC3CO3)cc21. The van der Waals surface area contributed by atoms with Crippen LogP contribution in [0.4, 0.5) is 0 Å². The van der Waals surface area contributed by atoms with Gasteiger partial charge in [0.1, 0.15) is 18.5 Å². The molecule has 0 aliphatic carbocycles. The fraction of sp³-hybridized carbons (Fsp3) is 0.417. The average molecular weight is 220 g/mol. The summed E-state index contributed by atoms with van der Waals surface area (Å²) in [4.78, 5) is 11.5. The molecule has 16 heavy (non-hydrogen) atoms. The van der Waals surface area contributed by atoms with E-state index in [2.05, 4.69) is 0 Å². The van der Waals surface area contributed by atoms with Gasteiger partial charge in [-0.1, -0.05) is 6.07 Å². The van der Waals surface area contributed by atoms with E-state index in [1.54, 1.807) is 6.07 Å². The van der Waals surface area contributed by atoms with E-state index in [-0.39, 0.29) is 12.1 Å². The fourth-order valence-electron chi connectivity index (χ4n) is 1.74. The van der Waals surface area contributed by atoms with Crippen LogP contribution in [0.5, 0.6) is 5.75 Å². The van der Waals surface area contributed by atoms with Gasteiger partial charge in [0.15, 0.2) is 0 Å². The first kappa shape index (κ1) is 9.66. The van der Waals surface area contributed by atoms with E-state index in [1.807, 2.05) is 12.1 Å². The monoisotopic (exact) mass is 220 g/mol. The van der Waals surface area contributed by atoms with Crippen molar-refractivity contribution in [3.05, 3.63) is 29.3 Å². The van der Waals surface area contributed by atoms with Crippen LogP contribution in [0.1, 0.15) is 15.9 Å². The van der Waals surface area contributed by atoms with Crippen molar-refractivity contribution in [2.45, 2.75) is 12.5 Å². The van der Waals surface area contributed by atoms with Crippen molar-refractivity contribution >= 4 is 5.97 Å². The molecule has 0 radical (unpaired) electrons. The van der Waals surface area contributed by atoms with Crippen molar-refractivity contribution in [1.29, 1.82) is 0 Å². The highest BCUT2D eigenvalue weighted by Gasteiger charge is 2.24. The molecule has 0 saturated carbocycles. The Bertz CT molecular complexity index is 423. The van der Waals surface area contributed by atoms with E-state index < -0.39 is 0 Å². The Hall–Kier alpha value is -1.55. The minimum atomic E-state index is -0.255. The van der Waals surface area contributed by atoms with Gasteiger partial charge >= 0.3 is 5.97 Å². The third kappa shape index (κ3) is 1.88. The van der Waals surface area contributed by atoms with Gasteiger partial charge in [0.2, 0.25) is 0 Å². The zero-order valence-corrected chi connectivity index (χ0v) is 8.77. The van der Waals surface area contributed by atoms with Gasteiger partial charge in [-0.15, -0.1) is 0 Å². The first-order valence-electron chi connectivity index (χ1n) is 5.37. The van der Waals surface area contributed by atoms with Gasteiger partial charge in [-0.05, 0) is 17.7 Å². The maximum atomic E-state index is 11.5. The molecule has 4 heteroatoms. The Morgan fingerprint density at radius 2 is 2.31 bits per heavy atom. The zero-order chi connectivity index (χ0) is 11.0. The Morgan fingerprint density at radius 3 is 3.12 bits per heavy atom. The number of rotatable bonds is 3. The van der Waals surface area contributed by atoms with Gasteiger partial charge in [-0.3, -0.25) is 0 Å². The molecular weight excluding hydrogens is 208 g/mol. The number of esters is 1. The summed E-state index contributed by atoms with van der Waals surface area (Å²) < 4.78 is 15.5. The van der Waals surface area contributed by atoms with E-state index in [0.29, 0.717) is 24.5 Å². The number of hydrogen-bond acceptors (Lipinski definition) is 4. The molecule has 0 amide bonds. The number of ether oxygens (including phenoxy) is 3. The normalized spacial score (nSPS) is 22.2. The maximum Gasteiger partial charge on any atom is 0.338 e. The molecule has 2 aliphatic rings. The average Bonchev–Trinajstić information content (AvgIpc) is 3.11. The summed E-state index contributed by atoms with van der Waals surface area (Å²) in [5, 5.41) is 0. The van der Waals surface area contributed by atoms with Crippen LogP contribution in [-0.2, 0) is 15.9 Å². The van der Waals surface area contributed by atoms with Crippen LogP contribution in [0.25, 0.3) is 0 Å². The van der Waals surface area contributed by atoms with Crippen molar-refractivity contribution in [1.82, 2.24) is 0 Å². The van der Waals surface area contributed by atoms with Crippen molar-refractivity contribution in [3.8, 4) is 5.75 Å². The second-order valence-electron chi connectivity index (χ2n) is 3.97. The standard InChI is InChI=1S/C12H12O4/c13-12-11-5-9(15-6-10-7-16-10)2-1-8(11)3-4-14-12/h1-2,5,10H,3-4,6-7H2. The third-order valence-corrected chi connectivity index (χ3v) is 2.74. The summed E-state index contributed by atoms with van der Waals surface area (Å²) in [5.41, 5.74) is 1.66. The van der Waals surface area contributed by atoms with Gasteiger partial charge in [0.25, 0.3) is 0 Å². The number of carbonyl (C=O) groups excluding carboxylic acids is 1. The van der Waals surface area contributed by atoms with Crippen LogP contribution in [0.15, 0.2) is 18.2 Å². The Labute approximate surface area is 93.1 Å². The lowest BCUT2D eigenvalue weighted by atomic mass is 10.0. The molecule has 3 rings (SSSR count). The van der Waals surface area contributed by atoms with Crippen LogP contribution in [0.2, 0.25) is 0 Å². The molecule has 1 aromatic rings.